The Hall–Kier alpha value is -1.03. The van der Waals surface area contributed by atoms with Gasteiger partial charge >= 0.3 is 0 Å². The quantitative estimate of drug-likeness (QED) is 0.858. The van der Waals surface area contributed by atoms with Gasteiger partial charge in [-0.05, 0) is 31.5 Å². The van der Waals surface area contributed by atoms with Crippen LogP contribution in [-0.2, 0) is 4.79 Å². The van der Waals surface area contributed by atoms with Crippen molar-refractivity contribution in [3.8, 4) is 0 Å². The number of hydrogen-bond acceptors (Lipinski definition) is 2. The summed E-state index contributed by atoms with van der Waals surface area (Å²) in [6, 6.07) is 6.28. The first kappa shape index (κ1) is 12.0. The van der Waals surface area contributed by atoms with Gasteiger partial charge in [-0.25, -0.2) is 4.39 Å². The standard InChI is InChI=1S/C11H14FNOS/c1-7(15-8(2)11(13)14)9-3-5-10(12)6-4-9/h3-8H,1-2H3,(H2,13,14). The molecule has 0 heterocycles. The van der Waals surface area contributed by atoms with E-state index >= 15 is 0 Å². The van der Waals surface area contributed by atoms with Gasteiger partial charge in [0.1, 0.15) is 5.82 Å². The smallest absolute Gasteiger partial charge is 0.230 e. The summed E-state index contributed by atoms with van der Waals surface area (Å²) in [5, 5.41) is -0.0989. The second kappa shape index (κ2) is 5.16. The molecule has 0 saturated carbocycles. The zero-order chi connectivity index (χ0) is 11.4. The van der Waals surface area contributed by atoms with Crippen molar-refractivity contribution in [2.45, 2.75) is 24.3 Å². The molecule has 0 fully saturated rings. The van der Waals surface area contributed by atoms with Gasteiger partial charge in [0.05, 0.1) is 5.25 Å². The summed E-state index contributed by atoms with van der Waals surface area (Å²) >= 11 is 1.47. The lowest BCUT2D eigenvalue weighted by molar-refractivity contribution is -0.117. The zero-order valence-corrected chi connectivity index (χ0v) is 9.55. The predicted molar refractivity (Wildman–Crippen MR) is 61.1 cm³/mol. The third kappa shape index (κ3) is 3.55. The molecule has 1 aromatic rings. The highest BCUT2D eigenvalue weighted by molar-refractivity contribution is 8.00. The van der Waals surface area contributed by atoms with Gasteiger partial charge in [0.2, 0.25) is 5.91 Å². The number of carbonyl (C=O) groups excluding carboxylic acids is 1. The maximum atomic E-state index is 12.7. The summed E-state index contributed by atoms with van der Waals surface area (Å²) in [4.78, 5) is 10.9. The number of halogens is 1. The lowest BCUT2D eigenvalue weighted by atomic mass is 10.2. The molecule has 0 saturated heterocycles. The third-order valence-electron chi connectivity index (χ3n) is 2.15. The second-order valence-electron chi connectivity index (χ2n) is 3.37. The Morgan fingerprint density at radius 3 is 2.33 bits per heavy atom. The van der Waals surface area contributed by atoms with E-state index in [1.807, 2.05) is 6.92 Å². The van der Waals surface area contributed by atoms with Gasteiger partial charge in [0.25, 0.3) is 0 Å². The fraction of sp³-hybridized carbons (Fsp3) is 0.364. The van der Waals surface area contributed by atoms with E-state index in [2.05, 4.69) is 0 Å². The molecule has 1 rings (SSSR count). The molecule has 15 heavy (non-hydrogen) atoms. The van der Waals surface area contributed by atoms with E-state index in [4.69, 9.17) is 5.73 Å². The van der Waals surface area contributed by atoms with Gasteiger partial charge in [-0.2, -0.15) is 0 Å². The van der Waals surface area contributed by atoms with Crippen molar-refractivity contribution in [1.29, 1.82) is 0 Å². The minimum absolute atomic E-state index is 0.132. The first-order valence-electron chi connectivity index (χ1n) is 4.71. The number of carbonyl (C=O) groups is 1. The molecule has 82 valence electrons. The molecule has 2 unspecified atom stereocenters. The van der Waals surface area contributed by atoms with E-state index in [1.54, 1.807) is 19.1 Å². The van der Waals surface area contributed by atoms with Crippen LogP contribution in [0.4, 0.5) is 4.39 Å². The van der Waals surface area contributed by atoms with Gasteiger partial charge in [-0.3, -0.25) is 4.79 Å². The number of primary amides is 1. The normalized spacial score (nSPS) is 14.6. The molecule has 1 aromatic carbocycles. The van der Waals surface area contributed by atoms with Crippen LogP contribution < -0.4 is 5.73 Å². The summed E-state index contributed by atoms with van der Waals surface area (Å²) in [5.41, 5.74) is 6.16. The topological polar surface area (TPSA) is 43.1 Å². The van der Waals surface area contributed by atoms with Crippen LogP contribution in [0.2, 0.25) is 0 Å². The molecule has 0 spiro atoms. The van der Waals surface area contributed by atoms with Gasteiger partial charge in [-0.15, -0.1) is 11.8 Å². The predicted octanol–water partition coefficient (Wildman–Crippen LogP) is 2.49. The SMILES string of the molecule is CC(SC(C)c1ccc(F)cc1)C(N)=O. The van der Waals surface area contributed by atoms with Crippen molar-refractivity contribution in [2.24, 2.45) is 5.73 Å². The average Bonchev–Trinajstić information content (AvgIpc) is 2.18. The van der Waals surface area contributed by atoms with E-state index in [9.17, 15) is 9.18 Å². The third-order valence-corrected chi connectivity index (χ3v) is 3.47. The highest BCUT2D eigenvalue weighted by atomic mass is 32.2. The summed E-state index contributed by atoms with van der Waals surface area (Å²) in [5.74, 6) is -0.576. The molecular weight excluding hydrogens is 213 g/mol. The van der Waals surface area contributed by atoms with Crippen LogP contribution in [-0.4, -0.2) is 11.2 Å². The van der Waals surface area contributed by atoms with Gasteiger partial charge in [0, 0.05) is 5.25 Å². The molecule has 1 amide bonds. The van der Waals surface area contributed by atoms with Crippen LogP contribution in [0.3, 0.4) is 0 Å². The number of nitrogens with two attached hydrogens (primary N) is 1. The first-order chi connectivity index (χ1) is 7.00. The Kier molecular flexibility index (Phi) is 4.15. The van der Waals surface area contributed by atoms with Gasteiger partial charge in [0.15, 0.2) is 0 Å². The van der Waals surface area contributed by atoms with E-state index in [-0.39, 0.29) is 22.2 Å². The average molecular weight is 227 g/mol. The van der Waals surface area contributed by atoms with Crippen LogP contribution in [0.15, 0.2) is 24.3 Å². The minimum Gasteiger partial charge on any atom is -0.369 e. The molecule has 0 radical (unpaired) electrons. The number of rotatable bonds is 4. The Balaban J connectivity index is 2.64. The van der Waals surface area contributed by atoms with Crippen LogP contribution in [0.25, 0.3) is 0 Å². The molecule has 0 aromatic heterocycles. The number of amides is 1. The molecule has 4 heteroatoms. The molecular formula is C11H14FNOS. The summed E-state index contributed by atoms with van der Waals surface area (Å²) in [6.07, 6.45) is 0. The number of hydrogen-bond donors (Lipinski definition) is 1. The lowest BCUT2D eigenvalue weighted by Gasteiger charge is -2.14. The second-order valence-corrected chi connectivity index (χ2v) is 5.06. The van der Waals surface area contributed by atoms with Crippen molar-refractivity contribution in [3.05, 3.63) is 35.6 Å². The summed E-state index contributed by atoms with van der Waals surface area (Å²) < 4.78 is 12.7. The van der Waals surface area contributed by atoms with E-state index in [0.29, 0.717) is 0 Å². The van der Waals surface area contributed by atoms with Crippen LogP contribution in [0.5, 0.6) is 0 Å². The van der Waals surface area contributed by atoms with Crippen LogP contribution in [0.1, 0.15) is 24.7 Å². The van der Waals surface area contributed by atoms with Crippen molar-refractivity contribution < 1.29 is 9.18 Å². The van der Waals surface area contributed by atoms with E-state index in [1.165, 1.54) is 23.9 Å². The fourth-order valence-corrected chi connectivity index (χ4v) is 2.25. The van der Waals surface area contributed by atoms with E-state index < -0.39 is 0 Å². The molecule has 0 bridgehead atoms. The Morgan fingerprint density at radius 1 is 1.33 bits per heavy atom. The molecule has 2 N–H and O–H groups in total. The van der Waals surface area contributed by atoms with Crippen LogP contribution >= 0.6 is 11.8 Å². The molecule has 0 aliphatic rings. The first-order valence-corrected chi connectivity index (χ1v) is 5.65. The van der Waals surface area contributed by atoms with Crippen molar-refractivity contribution in [3.63, 3.8) is 0 Å². The monoisotopic (exact) mass is 227 g/mol. The van der Waals surface area contributed by atoms with Crippen molar-refractivity contribution in [1.82, 2.24) is 0 Å². The van der Waals surface area contributed by atoms with Crippen molar-refractivity contribution >= 4 is 17.7 Å². The van der Waals surface area contributed by atoms with Crippen molar-refractivity contribution in [2.75, 3.05) is 0 Å². The molecule has 2 nitrogen and oxygen atoms in total. The Morgan fingerprint density at radius 2 is 1.87 bits per heavy atom. The number of benzene rings is 1. The summed E-state index contributed by atoms with van der Waals surface area (Å²) in [7, 11) is 0. The Bertz CT molecular complexity index is 339. The van der Waals surface area contributed by atoms with E-state index in [0.717, 1.165) is 5.56 Å². The molecule has 0 aliphatic carbocycles. The largest absolute Gasteiger partial charge is 0.369 e. The van der Waals surface area contributed by atoms with Crippen LogP contribution in [0, 0.1) is 5.82 Å². The highest BCUT2D eigenvalue weighted by Gasteiger charge is 2.15. The van der Waals surface area contributed by atoms with Gasteiger partial charge < -0.3 is 5.73 Å². The lowest BCUT2D eigenvalue weighted by Crippen LogP contribution is -2.23. The zero-order valence-electron chi connectivity index (χ0n) is 8.74. The Labute approximate surface area is 93.0 Å². The highest BCUT2D eigenvalue weighted by Crippen LogP contribution is 2.31. The fourth-order valence-electron chi connectivity index (χ4n) is 1.19. The minimum atomic E-state index is -0.325. The molecule has 0 aliphatic heterocycles. The summed E-state index contributed by atoms with van der Waals surface area (Å²) in [6.45, 7) is 3.74. The maximum absolute atomic E-state index is 12.7. The van der Waals surface area contributed by atoms with Gasteiger partial charge in [-0.1, -0.05) is 12.1 Å². The molecule has 2 atom stereocenters. The maximum Gasteiger partial charge on any atom is 0.230 e. The number of thioether (sulfide) groups is 1.